The van der Waals surface area contributed by atoms with Gasteiger partial charge >= 0.3 is 0 Å². The molecule has 0 aliphatic carbocycles. The maximum atomic E-state index is 10.3. The normalized spacial score (nSPS) is 9.62. The first kappa shape index (κ1) is 22.3. The highest BCUT2D eigenvalue weighted by Gasteiger charge is 2.13. The van der Waals surface area contributed by atoms with Crippen LogP contribution in [0.3, 0.4) is 0 Å². The fraction of sp³-hybridized carbons (Fsp3) is 0.154. The van der Waals surface area contributed by atoms with Crippen LogP contribution in [0.2, 0.25) is 0 Å². The van der Waals surface area contributed by atoms with Crippen LogP contribution < -0.4 is 18.9 Å². The Balaban J connectivity index is 1.89. The van der Waals surface area contributed by atoms with Crippen molar-refractivity contribution in [1.82, 2.24) is 0 Å². The second-order valence-corrected chi connectivity index (χ2v) is 6.46. The van der Waals surface area contributed by atoms with Crippen molar-refractivity contribution in [3.05, 3.63) is 70.8 Å². The zero-order valence-electron chi connectivity index (χ0n) is 18.1. The van der Waals surface area contributed by atoms with Crippen LogP contribution in [-0.4, -0.2) is 38.7 Å². The van der Waals surface area contributed by atoms with Gasteiger partial charge in [-0.1, -0.05) is 23.7 Å². The van der Waals surface area contributed by atoms with Gasteiger partial charge in [0.15, 0.2) is 23.0 Å². The van der Waals surface area contributed by atoms with Crippen molar-refractivity contribution in [2.24, 2.45) is 0 Å². The van der Waals surface area contributed by atoms with Crippen molar-refractivity contribution in [2.45, 2.75) is 0 Å². The lowest BCUT2D eigenvalue weighted by atomic mass is 10.1. The standard InChI is InChI=1S/C26H22O6/c1-29-21-13-15-23(31-3)25(27)19(21)11-9-17-5-7-18(8-6-17)10-12-20-22(30-2)14-16-24(32-4)26(20)28/h5-8,13-16,27-28H,1-4H3. The molecule has 2 N–H and O–H groups in total. The highest BCUT2D eigenvalue weighted by Crippen LogP contribution is 2.36. The minimum Gasteiger partial charge on any atom is -0.503 e. The number of ether oxygens (including phenoxy) is 4. The fourth-order valence-corrected chi connectivity index (χ4v) is 2.92. The molecular weight excluding hydrogens is 408 g/mol. The van der Waals surface area contributed by atoms with E-state index in [9.17, 15) is 10.2 Å². The number of benzene rings is 3. The topological polar surface area (TPSA) is 77.4 Å². The largest absolute Gasteiger partial charge is 0.503 e. The summed E-state index contributed by atoms with van der Waals surface area (Å²) in [5, 5.41) is 20.7. The van der Waals surface area contributed by atoms with E-state index < -0.39 is 0 Å². The van der Waals surface area contributed by atoms with E-state index in [0.717, 1.165) is 11.1 Å². The molecule has 0 saturated carbocycles. The molecule has 3 aromatic carbocycles. The first-order valence-corrected chi connectivity index (χ1v) is 9.54. The lowest BCUT2D eigenvalue weighted by Crippen LogP contribution is -1.92. The zero-order chi connectivity index (χ0) is 23.1. The van der Waals surface area contributed by atoms with E-state index in [4.69, 9.17) is 18.9 Å². The lowest BCUT2D eigenvalue weighted by Gasteiger charge is -2.09. The van der Waals surface area contributed by atoms with E-state index >= 15 is 0 Å². The SMILES string of the molecule is COc1ccc(OC)c(C#Cc2ccc(C#Cc3c(OC)ccc(OC)c3O)cc2)c1O. The van der Waals surface area contributed by atoms with Gasteiger partial charge in [-0.05, 0) is 48.5 Å². The van der Waals surface area contributed by atoms with E-state index in [1.165, 1.54) is 28.4 Å². The van der Waals surface area contributed by atoms with Crippen molar-refractivity contribution < 1.29 is 29.2 Å². The molecule has 0 aliphatic heterocycles. The number of hydrogen-bond acceptors (Lipinski definition) is 6. The second kappa shape index (κ2) is 10.1. The smallest absolute Gasteiger partial charge is 0.177 e. The summed E-state index contributed by atoms with van der Waals surface area (Å²) >= 11 is 0. The molecule has 0 fully saturated rings. The van der Waals surface area contributed by atoms with Crippen LogP contribution >= 0.6 is 0 Å². The Bertz CT molecular complexity index is 1140. The average Bonchev–Trinajstić information content (AvgIpc) is 2.82. The molecule has 6 nitrogen and oxygen atoms in total. The van der Waals surface area contributed by atoms with Crippen molar-refractivity contribution in [1.29, 1.82) is 0 Å². The Labute approximate surface area is 187 Å². The van der Waals surface area contributed by atoms with Gasteiger partial charge in [0.25, 0.3) is 0 Å². The molecule has 32 heavy (non-hydrogen) atoms. The lowest BCUT2D eigenvalue weighted by molar-refractivity contribution is 0.364. The highest BCUT2D eigenvalue weighted by molar-refractivity contribution is 5.63. The third-order valence-corrected chi connectivity index (χ3v) is 4.63. The molecule has 0 aromatic heterocycles. The molecule has 0 amide bonds. The molecular formula is C26H22O6. The first-order chi connectivity index (χ1) is 15.5. The number of phenolic OH excluding ortho intramolecular Hbond substituents is 2. The van der Waals surface area contributed by atoms with Crippen LogP contribution in [0, 0.1) is 23.7 Å². The third-order valence-electron chi connectivity index (χ3n) is 4.63. The Kier molecular flexibility index (Phi) is 7.00. The Morgan fingerprint density at radius 2 is 0.781 bits per heavy atom. The molecule has 162 valence electrons. The van der Waals surface area contributed by atoms with Gasteiger partial charge in [0, 0.05) is 11.1 Å². The summed E-state index contributed by atoms with van der Waals surface area (Å²) in [4.78, 5) is 0. The van der Waals surface area contributed by atoms with Crippen LogP contribution in [-0.2, 0) is 0 Å². The molecule has 0 heterocycles. The molecule has 0 radical (unpaired) electrons. The van der Waals surface area contributed by atoms with E-state index in [2.05, 4.69) is 23.7 Å². The van der Waals surface area contributed by atoms with Crippen molar-refractivity contribution >= 4 is 0 Å². The number of hydrogen-bond donors (Lipinski definition) is 2. The Hall–Kier alpha value is -4.42. The van der Waals surface area contributed by atoms with Crippen LogP contribution in [0.25, 0.3) is 0 Å². The minimum absolute atomic E-state index is 0.0751. The van der Waals surface area contributed by atoms with Gasteiger partial charge in [-0.3, -0.25) is 0 Å². The third kappa shape index (κ3) is 4.66. The van der Waals surface area contributed by atoms with Gasteiger partial charge < -0.3 is 29.2 Å². The van der Waals surface area contributed by atoms with Gasteiger partial charge in [-0.25, -0.2) is 0 Å². The monoisotopic (exact) mass is 430 g/mol. The molecule has 0 unspecified atom stereocenters. The van der Waals surface area contributed by atoms with E-state index in [-0.39, 0.29) is 11.5 Å². The summed E-state index contributed by atoms with van der Waals surface area (Å²) in [6.07, 6.45) is 0. The summed E-state index contributed by atoms with van der Waals surface area (Å²) in [5.74, 6) is 13.2. The van der Waals surface area contributed by atoms with Crippen LogP contribution in [0.4, 0.5) is 0 Å². The van der Waals surface area contributed by atoms with Crippen LogP contribution in [0.15, 0.2) is 48.5 Å². The van der Waals surface area contributed by atoms with E-state index in [0.29, 0.717) is 34.1 Å². The Morgan fingerprint density at radius 1 is 0.469 bits per heavy atom. The van der Waals surface area contributed by atoms with Gasteiger partial charge in [-0.15, -0.1) is 0 Å². The average molecular weight is 430 g/mol. The van der Waals surface area contributed by atoms with Gasteiger partial charge in [0.1, 0.15) is 22.6 Å². The van der Waals surface area contributed by atoms with E-state index in [1.54, 1.807) is 24.3 Å². The molecule has 0 aliphatic rings. The molecule has 3 rings (SSSR count). The first-order valence-electron chi connectivity index (χ1n) is 9.54. The van der Waals surface area contributed by atoms with Gasteiger partial charge in [0.05, 0.1) is 28.4 Å². The summed E-state index contributed by atoms with van der Waals surface area (Å²) in [7, 11) is 5.96. The predicted molar refractivity (Wildman–Crippen MR) is 121 cm³/mol. The summed E-state index contributed by atoms with van der Waals surface area (Å²) in [6.45, 7) is 0. The summed E-state index contributed by atoms with van der Waals surface area (Å²) in [5.41, 5.74) is 2.14. The maximum Gasteiger partial charge on any atom is 0.177 e. The number of rotatable bonds is 4. The van der Waals surface area contributed by atoms with Gasteiger partial charge in [0.2, 0.25) is 0 Å². The minimum atomic E-state index is -0.0751. The molecule has 0 saturated heterocycles. The summed E-state index contributed by atoms with van der Waals surface area (Å²) < 4.78 is 20.8. The van der Waals surface area contributed by atoms with Gasteiger partial charge in [-0.2, -0.15) is 0 Å². The van der Waals surface area contributed by atoms with Crippen LogP contribution in [0.5, 0.6) is 34.5 Å². The summed E-state index contributed by atoms with van der Waals surface area (Å²) in [6, 6.07) is 13.8. The maximum absolute atomic E-state index is 10.3. The van der Waals surface area contributed by atoms with Crippen molar-refractivity contribution in [3.63, 3.8) is 0 Å². The zero-order valence-corrected chi connectivity index (χ0v) is 18.1. The molecule has 3 aromatic rings. The van der Waals surface area contributed by atoms with Crippen molar-refractivity contribution in [3.8, 4) is 58.2 Å². The second-order valence-electron chi connectivity index (χ2n) is 6.46. The predicted octanol–water partition coefficient (Wildman–Crippen LogP) is 3.93. The highest BCUT2D eigenvalue weighted by atomic mass is 16.5. The fourth-order valence-electron chi connectivity index (χ4n) is 2.92. The molecule has 0 spiro atoms. The quantitative estimate of drug-likeness (QED) is 0.611. The molecule has 6 heteroatoms. The Morgan fingerprint density at radius 3 is 1.09 bits per heavy atom. The molecule has 0 atom stereocenters. The number of aromatic hydroxyl groups is 2. The molecule has 0 bridgehead atoms. The van der Waals surface area contributed by atoms with Crippen LogP contribution in [0.1, 0.15) is 22.3 Å². The van der Waals surface area contributed by atoms with E-state index in [1.807, 2.05) is 24.3 Å². The van der Waals surface area contributed by atoms with Crippen molar-refractivity contribution in [2.75, 3.05) is 28.4 Å². The number of methoxy groups -OCH3 is 4. The number of phenols is 2.